The van der Waals surface area contributed by atoms with Crippen LogP contribution in [0.25, 0.3) is 0 Å². The first kappa shape index (κ1) is 21.9. The second-order valence-electron chi connectivity index (χ2n) is 6.34. The van der Waals surface area contributed by atoms with Gasteiger partial charge in [0.2, 0.25) is 0 Å². The van der Waals surface area contributed by atoms with Crippen LogP contribution in [0.15, 0.2) is 0 Å². The maximum Gasteiger partial charge on any atom is 0.305 e. The number of carboxylic acids is 1. The van der Waals surface area contributed by atoms with Gasteiger partial charge in [-0.25, -0.2) is 0 Å². The Morgan fingerprint density at radius 1 is 0.696 bits per heavy atom. The second kappa shape index (κ2) is 17.3. The minimum atomic E-state index is -1.06. The number of hydrogen-bond donors (Lipinski definition) is 0. The van der Waals surface area contributed by atoms with Crippen LogP contribution in [0.5, 0.6) is 0 Å². The van der Waals surface area contributed by atoms with E-state index in [4.69, 9.17) is 4.74 Å². The highest BCUT2D eigenvalue weighted by molar-refractivity contribution is 5.69. The number of aliphatic carboxylic acids is 1. The number of hydrogen-bond acceptors (Lipinski definition) is 4. The molecule has 4 heteroatoms. The van der Waals surface area contributed by atoms with Gasteiger partial charge in [-0.3, -0.25) is 4.79 Å². The molecule has 0 heterocycles. The van der Waals surface area contributed by atoms with E-state index in [1.807, 2.05) is 0 Å². The van der Waals surface area contributed by atoms with Crippen molar-refractivity contribution in [1.29, 1.82) is 0 Å². The van der Waals surface area contributed by atoms with Gasteiger partial charge in [-0.1, -0.05) is 71.1 Å². The third kappa shape index (κ3) is 18.9. The zero-order valence-electron chi connectivity index (χ0n) is 14.9. The third-order valence-corrected chi connectivity index (χ3v) is 4.02. The summed E-state index contributed by atoms with van der Waals surface area (Å²) in [5, 5.41) is 10.2. The lowest BCUT2D eigenvalue weighted by Gasteiger charge is -2.05. The molecule has 0 saturated heterocycles. The fraction of sp³-hybridized carbons (Fsp3) is 0.895. The van der Waals surface area contributed by atoms with Crippen molar-refractivity contribution in [3.05, 3.63) is 0 Å². The molecule has 0 aromatic carbocycles. The van der Waals surface area contributed by atoms with Crippen molar-refractivity contribution in [3.8, 4) is 0 Å². The molecule has 0 aliphatic rings. The number of esters is 1. The summed E-state index contributed by atoms with van der Waals surface area (Å²) >= 11 is 0. The molecule has 0 bridgehead atoms. The molecule has 0 aliphatic heterocycles. The van der Waals surface area contributed by atoms with Crippen molar-refractivity contribution in [2.45, 2.75) is 103 Å². The van der Waals surface area contributed by atoms with Crippen molar-refractivity contribution in [3.63, 3.8) is 0 Å². The van der Waals surface area contributed by atoms with E-state index in [0.717, 1.165) is 12.8 Å². The Labute approximate surface area is 142 Å². The average molecular weight is 327 g/mol. The van der Waals surface area contributed by atoms with E-state index >= 15 is 0 Å². The Morgan fingerprint density at radius 3 is 1.70 bits per heavy atom. The molecule has 0 N–H and O–H groups in total. The van der Waals surface area contributed by atoms with Crippen molar-refractivity contribution >= 4 is 11.9 Å². The normalized spacial score (nSPS) is 10.7. The Morgan fingerprint density at radius 2 is 1.17 bits per heavy atom. The first-order valence-corrected chi connectivity index (χ1v) is 9.52. The van der Waals surface area contributed by atoms with Gasteiger partial charge in [-0.15, -0.1) is 0 Å². The van der Waals surface area contributed by atoms with Crippen molar-refractivity contribution in [2.24, 2.45) is 0 Å². The fourth-order valence-corrected chi connectivity index (χ4v) is 2.56. The van der Waals surface area contributed by atoms with E-state index in [1.165, 1.54) is 57.8 Å². The van der Waals surface area contributed by atoms with Gasteiger partial charge in [-0.2, -0.15) is 0 Å². The smallest absolute Gasteiger partial charge is 0.305 e. The highest BCUT2D eigenvalue weighted by Gasteiger charge is 2.02. The molecule has 0 unspecified atom stereocenters. The average Bonchev–Trinajstić information content (AvgIpc) is 2.52. The van der Waals surface area contributed by atoms with Gasteiger partial charge in [0, 0.05) is 12.4 Å². The Balaban J connectivity index is 3.14. The molecular weight excluding hydrogens is 292 g/mol. The molecule has 23 heavy (non-hydrogen) atoms. The first-order valence-electron chi connectivity index (χ1n) is 9.52. The van der Waals surface area contributed by atoms with E-state index in [1.54, 1.807) is 0 Å². The monoisotopic (exact) mass is 327 g/mol. The number of unbranched alkanes of at least 4 members (excludes halogenated alkanes) is 11. The summed E-state index contributed by atoms with van der Waals surface area (Å²) in [4.78, 5) is 21.6. The quantitative estimate of drug-likeness (QED) is 0.297. The number of carboxylic acid groups (broad SMARTS) is 1. The maximum absolute atomic E-state index is 11.4. The first-order chi connectivity index (χ1) is 11.2. The van der Waals surface area contributed by atoms with Crippen LogP contribution < -0.4 is 5.11 Å². The van der Waals surface area contributed by atoms with Gasteiger partial charge in [-0.05, 0) is 25.7 Å². The molecule has 0 saturated carbocycles. The Kier molecular flexibility index (Phi) is 16.5. The molecule has 136 valence electrons. The van der Waals surface area contributed by atoms with Crippen LogP contribution in [0.4, 0.5) is 0 Å². The van der Waals surface area contributed by atoms with Crippen LogP contribution in [0.2, 0.25) is 0 Å². The highest BCUT2D eigenvalue weighted by Crippen LogP contribution is 2.11. The molecule has 0 amide bonds. The highest BCUT2D eigenvalue weighted by atomic mass is 16.5. The van der Waals surface area contributed by atoms with Gasteiger partial charge < -0.3 is 14.6 Å². The zero-order valence-corrected chi connectivity index (χ0v) is 14.9. The van der Waals surface area contributed by atoms with Gasteiger partial charge in [0.05, 0.1) is 6.61 Å². The van der Waals surface area contributed by atoms with Crippen molar-refractivity contribution in [1.82, 2.24) is 0 Å². The van der Waals surface area contributed by atoms with E-state index in [-0.39, 0.29) is 12.4 Å². The van der Waals surface area contributed by atoms with Crippen LogP contribution in [-0.2, 0) is 14.3 Å². The van der Waals surface area contributed by atoms with Crippen molar-refractivity contribution < 1.29 is 19.4 Å². The lowest BCUT2D eigenvalue weighted by atomic mass is 10.1. The van der Waals surface area contributed by atoms with Crippen LogP contribution in [0.1, 0.15) is 103 Å². The molecule has 0 rings (SSSR count). The fourth-order valence-electron chi connectivity index (χ4n) is 2.56. The van der Waals surface area contributed by atoms with E-state index < -0.39 is 5.97 Å². The third-order valence-electron chi connectivity index (χ3n) is 4.02. The summed E-state index contributed by atoms with van der Waals surface area (Å²) < 4.78 is 5.13. The second-order valence-corrected chi connectivity index (χ2v) is 6.34. The lowest BCUT2D eigenvalue weighted by molar-refractivity contribution is -0.305. The van der Waals surface area contributed by atoms with Gasteiger partial charge in [0.1, 0.15) is 0 Å². The van der Waals surface area contributed by atoms with Gasteiger partial charge in [0.15, 0.2) is 0 Å². The van der Waals surface area contributed by atoms with Crippen LogP contribution in [-0.4, -0.2) is 18.5 Å². The number of carbonyl (C=O) groups is 2. The number of ether oxygens (including phenoxy) is 1. The topological polar surface area (TPSA) is 66.4 Å². The Hall–Kier alpha value is -1.06. The van der Waals surface area contributed by atoms with Crippen molar-refractivity contribution in [2.75, 3.05) is 6.61 Å². The summed E-state index contributed by atoms with van der Waals surface area (Å²) in [5.74, 6) is -1.27. The molecule has 0 aromatic rings. The summed E-state index contributed by atoms with van der Waals surface area (Å²) in [6.07, 6.45) is 15.4. The van der Waals surface area contributed by atoms with E-state index in [2.05, 4.69) is 6.92 Å². The van der Waals surface area contributed by atoms with Crippen LogP contribution in [0.3, 0.4) is 0 Å². The van der Waals surface area contributed by atoms with E-state index in [9.17, 15) is 14.7 Å². The van der Waals surface area contributed by atoms with E-state index in [0.29, 0.717) is 25.9 Å². The Bertz CT molecular complexity index is 289. The van der Waals surface area contributed by atoms with Crippen LogP contribution in [0, 0.1) is 0 Å². The molecule has 0 atom stereocenters. The molecule has 4 nitrogen and oxygen atoms in total. The summed E-state index contributed by atoms with van der Waals surface area (Å²) in [7, 11) is 0. The van der Waals surface area contributed by atoms with Crippen LogP contribution >= 0.6 is 0 Å². The summed E-state index contributed by atoms with van der Waals surface area (Å²) in [6, 6.07) is 0. The predicted molar refractivity (Wildman–Crippen MR) is 90.9 cm³/mol. The largest absolute Gasteiger partial charge is 0.550 e. The van der Waals surface area contributed by atoms with Gasteiger partial charge >= 0.3 is 5.97 Å². The molecular formula is C19H35O4-. The molecule has 0 aromatic heterocycles. The van der Waals surface area contributed by atoms with Gasteiger partial charge in [0.25, 0.3) is 0 Å². The SMILES string of the molecule is CCCCCCCCCCCCCOC(=O)CCCCC(=O)[O-]. The standard InChI is InChI=1S/C19H36O4/c1-2-3-4-5-6-7-8-9-10-11-14-17-23-19(22)16-13-12-15-18(20)21/h2-17H2,1H3,(H,20,21)/p-1. The molecule has 0 spiro atoms. The molecule has 0 aliphatic carbocycles. The number of rotatable bonds is 17. The lowest BCUT2D eigenvalue weighted by Crippen LogP contribution is -2.21. The number of carbonyl (C=O) groups excluding carboxylic acids is 2. The minimum absolute atomic E-state index is 0.0197. The minimum Gasteiger partial charge on any atom is -0.550 e. The summed E-state index contributed by atoms with van der Waals surface area (Å²) in [5.41, 5.74) is 0. The molecule has 0 fully saturated rings. The maximum atomic E-state index is 11.4. The predicted octanol–water partition coefficient (Wildman–Crippen LogP) is 4.15. The molecule has 0 radical (unpaired) electrons. The zero-order chi connectivity index (χ0) is 17.2. The summed E-state index contributed by atoms with van der Waals surface area (Å²) in [6.45, 7) is 2.74.